The highest BCUT2D eigenvalue weighted by Crippen LogP contribution is 2.36. The molecule has 1 atom stereocenters. The average molecular weight is 220 g/mol. The maximum atomic E-state index is 11.6. The van der Waals surface area contributed by atoms with E-state index in [-0.39, 0.29) is 12.0 Å². The smallest absolute Gasteiger partial charge is 0.265 e. The summed E-state index contributed by atoms with van der Waals surface area (Å²) in [4.78, 5) is 11.6. The number of nitrogens with two attached hydrogens (primary N) is 1. The molecule has 0 saturated carbocycles. The van der Waals surface area contributed by atoms with Crippen LogP contribution in [-0.4, -0.2) is 12.0 Å². The Morgan fingerprint density at radius 1 is 1.44 bits per heavy atom. The minimum absolute atomic E-state index is 0.0948. The number of fused-ring (bicyclic) bond motifs is 1. The lowest BCUT2D eigenvalue weighted by Crippen LogP contribution is -2.36. The van der Waals surface area contributed by atoms with E-state index in [9.17, 15) is 4.79 Å². The van der Waals surface area contributed by atoms with Crippen LogP contribution in [0, 0.1) is 0 Å². The zero-order chi connectivity index (χ0) is 11.7. The standard InChI is InChI=1S/C12H16N2O2/c1-3-7-5-8(13)6-9-11(7)16-10(4-2)12(15)14-9/h5-6,10H,3-4,13H2,1-2H3,(H,14,15). The SMILES string of the molecule is CCc1cc(N)cc2c1OC(CC)C(=O)N2. The van der Waals surface area contributed by atoms with Crippen molar-refractivity contribution in [2.45, 2.75) is 32.8 Å². The van der Waals surface area contributed by atoms with Gasteiger partial charge in [-0.05, 0) is 30.5 Å². The molecular formula is C12H16N2O2. The van der Waals surface area contributed by atoms with Gasteiger partial charge in [-0.15, -0.1) is 0 Å². The van der Waals surface area contributed by atoms with Crippen LogP contribution in [-0.2, 0) is 11.2 Å². The maximum Gasteiger partial charge on any atom is 0.265 e. The number of hydrogen-bond donors (Lipinski definition) is 2. The van der Waals surface area contributed by atoms with E-state index in [0.717, 1.165) is 17.7 Å². The number of benzene rings is 1. The minimum atomic E-state index is -0.388. The molecule has 0 aliphatic carbocycles. The Morgan fingerprint density at radius 2 is 2.19 bits per heavy atom. The normalized spacial score (nSPS) is 18.6. The molecule has 4 nitrogen and oxygen atoms in total. The van der Waals surface area contributed by atoms with Gasteiger partial charge in [0.05, 0.1) is 5.69 Å². The molecule has 1 aliphatic rings. The molecule has 86 valence electrons. The zero-order valence-corrected chi connectivity index (χ0v) is 9.54. The summed E-state index contributed by atoms with van der Waals surface area (Å²) in [5, 5.41) is 2.83. The average Bonchev–Trinajstić information content (AvgIpc) is 2.26. The van der Waals surface area contributed by atoms with Crippen molar-refractivity contribution in [3.63, 3.8) is 0 Å². The van der Waals surface area contributed by atoms with Crippen molar-refractivity contribution in [3.8, 4) is 5.75 Å². The fraction of sp³-hybridized carbons (Fsp3) is 0.417. The van der Waals surface area contributed by atoms with Crippen LogP contribution in [0.3, 0.4) is 0 Å². The molecule has 0 radical (unpaired) electrons. The van der Waals surface area contributed by atoms with Gasteiger partial charge in [0.15, 0.2) is 6.10 Å². The number of rotatable bonds is 2. The first kappa shape index (κ1) is 10.8. The molecule has 1 aromatic carbocycles. The van der Waals surface area contributed by atoms with Gasteiger partial charge < -0.3 is 15.8 Å². The van der Waals surface area contributed by atoms with Crippen LogP contribution >= 0.6 is 0 Å². The molecule has 1 aromatic rings. The number of nitrogen functional groups attached to an aromatic ring is 1. The summed E-state index contributed by atoms with van der Waals surface area (Å²) in [6.07, 6.45) is 1.11. The lowest BCUT2D eigenvalue weighted by molar-refractivity contribution is -0.123. The predicted octanol–water partition coefficient (Wildman–Crippen LogP) is 1.94. The molecule has 4 heteroatoms. The van der Waals surface area contributed by atoms with Crippen LogP contribution in [0.15, 0.2) is 12.1 Å². The quantitative estimate of drug-likeness (QED) is 0.748. The van der Waals surface area contributed by atoms with Gasteiger partial charge in [0.2, 0.25) is 0 Å². The summed E-state index contributed by atoms with van der Waals surface area (Å²) >= 11 is 0. The highest BCUT2D eigenvalue weighted by atomic mass is 16.5. The first-order chi connectivity index (χ1) is 7.65. The molecular weight excluding hydrogens is 204 g/mol. The van der Waals surface area contributed by atoms with Gasteiger partial charge >= 0.3 is 0 Å². The Balaban J connectivity index is 2.46. The van der Waals surface area contributed by atoms with E-state index in [1.54, 1.807) is 6.07 Å². The lowest BCUT2D eigenvalue weighted by Gasteiger charge is -2.27. The second-order valence-electron chi connectivity index (χ2n) is 3.91. The van der Waals surface area contributed by atoms with Crippen LogP contribution in [0.5, 0.6) is 5.75 Å². The van der Waals surface area contributed by atoms with Gasteiger partial charge in [-0.1, -0.05) is 13.8 Å². The van der Waals surface area contributed by atoms with E-state index in [1.807, 2.05) is 19.9 Å². The van der Waals surface area contributed by atoms with Crippen molar-refractivity contribution >= 4 is 17.3 Å². The van der Waals surface area contributed by atoms with Crippen LogP contribution in [0.25, 0.3) is 0 Å². The fourth-order valence-corrected chi connectivity index (χ4v) is 1.89. The summed E-state index contributed by atoms with van der Waals surface area (Å²) in [5.41, 5.74) is 8.13. The fourth-order valence-electron chi connectivity index (χ4n) is 1.89. The number of carbonyl (C=O) groups excluding carboxylic acids is 1. The number of ether oxygens (including phenoxy) is 1. The largest absolute Gasteiger partial charge is 0.478 e. The number of hydrogen-bond acceptors (Lipinski definition) is 3. The van der Waals surface area contributed by atoms with Crippen molar-refractivity contribution in [1.82, 2.24) is 0 Å². The minimum Gasteiger partial charge on any atom is -0.478 e. The lowest BCUT2D eigenvalue weighted by atomic mass is 10.1. The number of amides is 1. The Kier molecular flexibility index (Phi) is 2.73. The molecule has 0 fully saturated rings. The first-order valence-corrected chi connectivity index (χ1v) is 5.55. The number of aryl methyl sites for hydroxylation is 1. The van der Waals surface area contributed by atoms with E-state index in [4.69, 9.17) is 10.5 Å². The van der Waals surface area contributed by atoms with Crippen molar-refractivity contribution in [1.29, 1.82) is 0 Å². The molecule has 3 N–H and O–H groups in total. The van der Waals surface area contributed by atoms with Gasteiger partial charge in [0, 0.05) is 5.69 Å². The third-order valence-corrected chi connectivity index (χ3v) is 2.75. The Labute approximate surface area is 94.8 Å². The number of carbonyl (C=O) groups is 1. The molecule has 0 aromatic heterocycles. The van der Waals surface area contributed by atoms with Gasteiger partial charge in [-0.25, -0.2) is 0 Å². The zero-order valence-electron chi connectivity index (χ0n) is 9.54. The van der Waals surface area contributed by atoms with Gasteiger partial charge in [-0.3, -0.25) is 4.79 Å². The maximum absolute atomic E-state index is 11.6. The number of nitrogens with one attached hydrogen (secondary N) is 1. The van der Waals surface area contributed by atoms with Crippen LogP contribution in [0.4, 0.5) is 11.4 Å². The van der Waals surface area contributed by atoms with E-state index in [2.05, 4.69) is 5.32 Å². The number of anilines is 2. The second kappa shape index (κ2) is 4.04. The van der Waals surface area contributed by atoms with Crippen LogP contribution in [0.2, 0.25) is 0 Å². The highest BCUT2D eigenvalue weighted by Gasteiger charge is 2.27. The summed E-state index contributed by atoms with van der Waals surface area (Å²) in [6.45, 7) is 3.97. The second-order valence-corrected chi connectivity index (χ2v) is 3.91. The van der Waals surface area contributed by atoms with Crippen LogP contribution < -0.4 is 15.8 Å². The molecule has 0 bridgehead atoms. The third-order valence-electron chi connectivity index (χ3n) is 2.75. The highest BCUT2D eigenvalue weighted by molar-refractivity contribution is 5.98. The van der Waals surface area contributed by atoms with Crippen molar-refractivity contribution in [2.75, 3.05) is 11.1 Å². The summed E-state index contributed by atoms with van der Waals surface area (Å²) < 4.78 is 5.70. The summed E-state index contributed by atoms with van der Waals surface area (Å²) in [6, 6.07) is 3.63. The van der Waals surface area contributed by atoms with Gasteiger partial charge in [0.1, 0.15) is 5.75 Å². The molecule has 1 heterocycles. The molecule has 0 spiro atoms. The first-order valence-electron chi connectivity index (χ1n) is 5.55. The Bertz CT molecular complexity index is 429. The van der Waals surface area contributed by atoms with Crippen molar-refractivity contribution in [2.24, 2.45) is 0 Å². The molecule has 0 saturated heterocycles. The van der Waals surface area contributed by atoms with Gasteiger partial charge in [-0.2, -0.15) is 0 Å². The summed E-state index contributed by atoms with van der Waals surface area (Å²) in [5.74, 6) is 0.672. The molecule has 1 amide bonds. The van der Waals surface area contributed by atoms with E-state index < -0.39 is 0 Å². The Hall–Kier alpha value is -1.71. The van der Waals surface area contributed by atoms with Gasteiger partial charge in [0.25, 0.3) is 5.91 Å². The third kappa shape index (κ3) is 1.71. The molecule has 2 rings (SSSR count). The van der Waals surface area contributed by atoms with Crippen molar-refractivity contribution in [3.05, 3.63) is 17.7 Å². The van der Waals surface area contributed by atoms with E-state index >= 15 is 0 Å². The molecule has 1 aliphatic heterocycles. The molecule has 16 heavy (non-hydrogen) atoms. The van der Waals surface area contributed by atoms with Crippen LogP contribution in [0.1, 0.15) is 25.8 Å². The van der Waals surface area contributed by atoms with Crippen molar-refractivity contribution < 1.29 is 9.53 Å². The Morgan fingerprint density at radius 3 is 2.81 bits per heavy atom. The monoisotopic (exact) mass is 220 g/mol. The summed E-state index contributed by atoms with van der Waals surface area (Å²) in [7, 11) is 0. The predicted molar refractivity (Wildman–Crippen MR) is 63.6 cm³/mol. The topological polar surface area (TPSA) is 64.3 Å². The van der Waals surface area contributed by atoms with E-state index in [1.165, 1.54) is 0 Å². The molecule has 1 unspecified atom stereocenters. The van der Waals surface area contributed by atoms with E-state index in [0.29, 0.717) is 17.8 Å².